The number of hydrogen-bond donors (Lipinski definition) is 0. The third kappa shape index (κ3) is 15200. The van der Waals surface area contributed by atoms with Gasteiger partial charge >= 0.3 is 35.2 Å². The minimum atomic E-state index is -3.67. The molecule has 0 aliphatic carbocycles. The standard InChI is InChI=1S/2C2H4O2.BF3.Hg/c2*1-2(3)4;2-1(3)4;/h2*1H3,(H,3,4);;/q;;;+2/p-2. The Balaban J connectivity index is -0.0000000450. The average molecular weight is 386 g/mol. The summed E-state index contributed by atoms with van der Waals surface area (Å²) in [7, 11) is -3.67. The molecule has 72 valence electrons. The average Bonchev–Trinajstić information content (AvgIpc) is 1.54. The van der Waals surface area contributed by atoms with Crippen molar-refractivity contribution in [3.05, 3.63) is 0 Å². The largest absolute Gasteiger partial charge is 2.00 e. The molecule has 0 radical (unpaired) electrons. The Morgan fingerprint density at radius 2 is 1.00 bits per heavy atom. The minimum Gasteiger partial charge on any atom is -0.550 e. The number of carboxylic acids is 2. The SMILES string of the molecule is CC(=O)[O-].CC(=O)[O-].FB(F)F.[Hg+2]. The number of hydrogen-bond acceptors (Lipinski definition) is 4. The van der Waals surface area contributed by atoms with E-state index in [0.717, 1.165) is 13.8 Å². The van der Waals surface area contributed by atoms with E-state index < -0.39 is 19.5 Å². The zero-order valence-electron chi connectivity index (χ0n) is 7.05. The molecular formula is C4H6BF3HgO4. The quantitative estimate of drug-likeness (QED) is 0.469. The molecule has 0 atom stereocenters. The molecule has 4 nitrogen and oxygen atoms in total. The van der Waals surface area contributed by atoms with Crippen molar-refractivity contribution in [1.29, 1.82) is 0 Å². The summed E-state index contributed by atoms with van der Waals surface area (Å²) in [5.41, 5.74) is 0. The maximum absolute atomic E-state index is 9.67. The first-order chi connectivity index (χ1) is 5.20. The number of aliphatic carboxylic acids is 2. The van der Waals surface area contributed by atoms with E-state index in [2.05, 4.69) is 0 Å². The normalized spacial score (nSPS) is 5.92. The molecule has 13 heavy (non-hydrogen) atoms. The van der Waals surface area contributed by atoms with Crippen molar-refractivity contribution >= 4 is 19.5 Å². The zero-order chi connectivity index (χ0) is 10.7. The van der Waals surface area contributed by atoms with Crippen molar-refractivity contribution in [2.75, 3.05) is 0 Å². The van der Waals surface area contributed by atoms with Crippen LogP contribution in [0.1, 0.15) is 13.8 Å². The van der Waals surface area contributed by atoms with Crippen LogP contribution in [-0.2, 0) is 37.3 Å². The van der Waals surface area contributed by atoms with Gasteiger partial charge in [-0.1, -0.05) is 0 Å². The van der Waals surface area contributed by atoms with Gasteiger partial charge in [0, 0.05) is 11.9 Å². The Kier molecular flexibility index (Phi) is 31.3. The maximum Gasteiger partial charge on any atom is 2.00 e. The second-order valence-electron chi connectivity index (χ2n) is 1.23. The van der Waals surface area contributed by atoms with E-state index in [-0.39, 0.29) is 27.7 Å². The summed E-state index contributed by atoms with van der Waals surface area (Å²) in [6.45, 7) is 1.94. The van der Waals surface area contributed by atoms with Crippen LogP contribution in [-0.4, -0.2) is 19.5 Å². The number of carboxylic acid groups (broad SMARTS) is 2. The summed E-state index contributed by atoms with van der Waals surface area (Å²) in [6.07, 6.45) is 0. The number of rotatable bonds is 0. The first-order valence-corrected chi connectivity index (χ1v) is 2.47. The fourth-order valence-electron chi connectivity index (χ4n) is 0. The molecule has 0 amide bonds. The van der Waals surface area contributed by atoms with Gasteiger partial charge in [0.15, 0.2) is 0 Å². The predicted molar refractivity (Wildman–Crippen MR) is 30.4 cm³/mol. The fraction of sp³-hybridized carbons (Fsp3) is 0.500. The molecule has 0 fully saturated rings. The van der Waals surface area contributed by atoms with E-state index in [4.69, 9.17) is 19.8 Å². The Labute approximate surface area is 93.9 Å². The molecule has 0 saturated heterocycles. The predicted octanol–water partition coefficient (Wildman–Crippen LogP) is -1.61. The van der Waals surface area contributed by atoms with Crippen LogP contribution in [0.4, 0.5) is 12.9 Å². The molecule has 0 N–H and O–H groups in total. The van der Waals surface area contributed by atoms with Crippen molar-refractivity contribution < 1.29 is 60.4 Å². The molecule has 0 spiro atoms. The van der Waals surface area contributed by atoms with Crippen LogP contribution >= 0.6 is 0 Å². The first-order valence-electron chi connectivity index (χ1n) is 2.47. The van der Waals surface area contributed by atoms with Crippen LogP contribution in [0.2, 0.25) is 0 Å². The molecule has 0 unspecified atom stereocenters. The van der Waals surface area contributed by atoms with Gasteiger partial charge in [0.05, 0.1) is 0 Å². The van der Waals surface area contributed by atoms with E-state index in [1.165, 1.54) is 0 Å². The second kappa shape index (κ2) is 17.7. The van der Waals surface area contributed by atoms with Gasteiger partial charge in [0.2, 0.25) is 0 Å². The molecule has 0 aromatic rings. The van der Waals surface area contributed by atoms with Gasteiger partial charge in [-0.2, -0.15) is 0 Å². The number of carbonyl (C=O) groups excluding carboxylic acids is 2. The van der Waals surface area contributed by atoms with Gasteiger partial charge in [-0.05, 0) is 13.8 Å². The number of carbonyl (C=O) groups is 2. The van der Waals surface area contributed by atoms with Crippen LogP contribution in [0.15, 0.2) is 0 Å². The van der Waals surface area contributed by atoms with Gasteiger partial charge in [-0.25, -0.2) is 0 Å². The Morgan fingerprint density at radius 3 is 1.00 bits per heavy atom. The molecule has 0 saturated carbocycles. The van der Waals surface area contributed by atoms with Crippen molar-refractivity contribution in [3.63, 3.8) is 0 Å². The molecule has 0 heterocycles. The third-order valence-corrected chi connectivity index (χ3v) is 0. The van der Waals surface area contributed by atoms with Crippen LogP contribution < -0.4 is 10.2 Å². The molecule has 0 aliphatic rings. The van der Waals surface area contributed by atoms with Crippen molar-refractivity contribution in [2.24, 2.45) is 0 Å². The van der Waals surface area contributed by atoms with E-state index >= 15 is 0 Å². The van der Waals surface area contributed by atoms with Gasteiger partial charge in [0.1, 0.15) is 0 Å². The molecule has 0 aromatic carbocycles. The smallest absolute Gasteiger partial charge is 0.550 e. The topological polar surface area (TPSA) is 80.3 Å². The van der Waals surface area contributed by atoms with E-state index in [9.17, 15) is 12.9 Å². The van der Waals surface area contributed by atoms with Crippen LogP contribution in [0.5, 0.6) is 0 Å². The van der Waals surface area contributed by atoms with Gasteiger partial charge in [-0.15, -0.1) is 0 Å². The monoisotopic (exact) mass is 388 g/mol. The summed E-state index contributed by atoms with van der Waals surface area (Å²) in [5.74, 6) is -2.17. The summed E-state index contributed by atoms with van der Waals surface area (Å²) in [5, 5.41) is 17.8. The second-order valence-corrected chi connectivity index (χ2v) is 1.23. The zero-order valence-corrected chi connectivity index (χ0v) is 12.5. The van der Waals surface area contributed by atoms with Crippen LogP contribution in [0, 0.1) is 0 Å². The van der Waals surface area contributed by atoms with E-state index in [0.29, 0.717) is 0 Å². The maximum atomic E-state index is 9.67. The first kappa shape index (κ1) is 23.0. The fourth-order valence-corrected chi connectivity index (χ4v) is 0. The van der Waals surface area contributed by atoms with Crippen molar-refractivity contribution in [1.82, 2.24) is 0 Å². The molecule has 9 heteroatoms. The molecule has 0 rings (SSSR count). The van der Waals surface area contributed by atoms with Crippen LogP contribution in [0.3, 0.4) is 0 Å². The Morgan fingerprint density at radius 1 is 1.00 bits per heavy atom. The Hall–Kier alpha value is -0.270. The van der Waals surface area contributed by atoms with Gasteiger partial charge < -0.3 is 19.8 Å². The van der Waals surface area contributed by atoms with Gasteiger partial charge in [-0.3, -0.25) is 12.9 Å². The van der Waals surface area contributed by atoms with Crippen LogP contribution in [0.25, 0.3) is 0 Å². The van der Waals surface area contributed by atoms with Gasteiger partial charge in [0.25, 0.3) is 0 Å². The summed E-state index contributed by atoms with van der Waals surface area (Å²) >= 11 is 0. The van der Waals surface area contributed by atoms with E-state index in [1.54, 1.807) is 0 Å². The molecule has 0 aromatic heterocycles. The summed E-state index contributed by atoms with van der Waals surface area (Å²) in [4.78, 5) is 17.8. The third-order valence-electron chi connectivity index (χ3n) is 0. The summed E-state index contributed by atoms with van der Waals surface area (Å²) < 4.78 is 29.0. The van der Waals surface area contributed by atoms with Crippen molar-refractivity contribution in [2.45, 2.75) is 13.8 Å². The summed E-state index contributed by atoms with van der Waals surface area (Å²) in [6, 6.07) is 0. The molecule has 0 aliphatic heterocycles. The minimum absolute atomic E-state index is 0. The number of halogens is 3. The van der Waals surface area contributed by atoms with E-state index in [1.807, 2.05) is 0 Å². The van der Waals surface area contributed by atoms with Crippen molar-refractivity contribution in [3.8, 4) is 0 Å². The Bertz CT molecular complexity index is 112. The molecule has 0 bridgehead atoms. The molecular weight excluding hydrogens is 380 g/mol.